The number of amides is 1. The molecular formula is C28H39N5O. The van der Waals surface area contributed by atoms with E-state index in [0.29, 0.717) is 5.41 Å². The van der Waals surface area contributed by atoms with Gasteiger partial charge in [0, 0.05) is 31.3 Å². The third kappa shape index (κ3) is 5.77. The second kappa shape index (κ2) is 10.4. The third-order valence-electron chi connectivity index (χ3n) is 8.40. The maximum Gasteiger partial charge on any atom is 0.221 e. The molecular weight excluding hydrogens is 422 g/mol. The molecule has 2 aliphatic carbocycles. The van der Waals surface area contributed by atoms with E-state index in [1.807, 2.05) is 36.4 Å². The minimum absolute atomic E-state index is 0.0687. The van der Waals surface area contributed by atoms with Gasteiger partial charge in [-0.25, -0.2) is 0 Å². The van der Waals surface area contributed by atoms with Crippen LogP contribution in [0.5, 0.6) is 0 Å². The lowest BCUT2D eigenvalue weighted by atomic mass is 9.89. The Bertz CT molecular complexity index is 942. The molecule has 34 heavy (non-hydrogen) atoms. The summed E-state index contributed by atoms with van der Waals surface area (Å²) in [5.74, 6) is 2.51. The van der Waals surface area contributed by atoms with Crippen molar-refractivity contribution in [2.75, 3.05) is 36.8 Å². The summed E-state index contributed by atoms with van der Waals surface area (Å²) in [5.41, 5.74) is 3.19. The molecule has 0 unspecified atom stereocenters. The van der Waals surface area contributed by atoms with Crippen molar-refractivity contribution in [2.45, 2.75) is 64.7 Å². The van der Waals surface area contributed by atoms with Crippen molar-refractivity contribution in [1.82, 2.24) is 15.1 Å². The SMILES string of the molecule is CC(=O)Nc1ccc(-c2ccc(NC[C@@H]3CC34CCN(CC3CCCCCC3)CC4)nn2)cc1. The van der Waals surface area contributed by atoms with Crippen LogP contribution in [-0.4, -0.2) is 47.2 Å². The zero-order chi connectivity index (χ0) is 23.4. The van der Waals surface area contributed by atoms with Crippen LogP contribution in [0, 0.1) is 17.3 Å². The highest BCUT2D eigenvalue weighted by molar-refractivity contribution is 5.88. The first-order chi connectivity index (χ1) is 16.6. The van der Waals surface area contributed by atoms with Gasteiger partial charge in [0.25, 0.3) is 0 Å². The van der Waals surface area contributed by atoms with Crippen LogP contribution in [0.4, 0.5) is 11.5 Å². The van der Waals surface area contributed by atoms with Gasteiger partial charge in [0.2, 0.25) is 5.91 Å². The van der Waals surface area contributed by atoms with Crippen LogP contribution >= 0.6 is 0 Å². The molecule has 2 saturated carbocycles. The second-order valence-electron chi connectivity index (χ2n) is 10.9. The summed E-state index contributed by atoms with van der Waals surface area (Å²) in [5, 5.41) is 15.1. The van der Waals surface area contributed by atoms with Crippen LogP contribution < -0.4 is 10.6 Å². The van der Waals surface area contributed by atoms with Crippen molar-refractivity contribution in [2.24, 2.45) is 17.3 Å². The number of carbonyl (C=O) groups excluding carboxylic acids is 1. The molecule has 5 rings (SSSR count). The first kappa shape index (κ1) is 23.3. The van der Waals surface area contributed by atoms with E-state index in [2.05, 4.69) is 25.7 Å². The highest BCUT2D eigenvalue weighted by Gasteiger charge is 2.54. The molecule has 1 aliphatic heterocycles. The number of hydrogen-bond acceptors (Lipinski definition) is 5. The molecule has 6 heteroatoms. The maximum atomic E-state index is 11.2. The molecule has 2 aromatic rings. The van der Waals surface area contributed by atoms with Crippen LogP contribution in [-0.2, 0) is 4.79 Å². The number of nitrogens with zero attached hydrogens (tertiary/aromatic N) is 3. The van der Waals surface area contributed by atoms with Crippen LogP contribution in [0.2, 0.25) is 0 Å². The summed E-state index contributed by atoms with van der Waals surface area (Å²) in [6.07, 6.45) is 12.8. The Kier molecular flexibility index (Phi) is 7.14. The van der Waals surface area contributed by atoms with Gasteiger partial charge in [-0.1, -0.05) is 37.8 Å². The topological polar surface area (TPSA) is 70.2 Å². The number of likely N-dealkylation sites (tertiary alicyclic amines) is 1. The number of anilines is 2. The number of piperidine rings is 1. The Hall–Kier alpha value is -2.47. The molecule has 1 saturated heterocycles. The van der Waals surface area contributed by atoms with E-state index in [0.717, 1.165) is 41.1 Å². The quantitative estimate of drug-likeness (QED) is 0.526. The molecule has 1 spiro atoms. The summed E-state index contributed by atoms with van der Waals surface area (Å²) >= 11 is 0. The van der Waals surface area contributed by atoms with Crippen LogP contribution in [0.1, 0.15) is 64.7 Å². The summed E-state index contributed by atoms with van der Waals surface area (Å²) < 4.78 is 0. The average Bonchev–Trinajstić information content (AvgIpc) is 3.59. The van der Waals surface area contributed by atoms with E-state index in [4.69, 9.17) is 0 Å². The van der Waals surface area contributed by atoms with Crippen molar-refractivity contribution in [3.63, 3.8) is 0 Å². The van der Waals surface area contributed by atoms with Crippen molar-refractivity contribution >= 4 is 17.4 Å². The van der Waals surface area contributed by atoms with E-state index in [1.165, 1.54) is 84.3 Å². The van der Waals surface area contributed by atoms with E-state index in [9.17, 15) is 4.79 Å². The normalized spacial score (nSPS) is 22.8. The fraction of sp³-hybridized carbons (Fsp3) is 0.607. The molecule has 1 atom stereocenters. The summed E-state index contributed by atoms with van der Waals surface area (Å²) in [6, 6.07) is 11.7. The lowest BCUT2D eigenvalue weighted by molar-refractivity contribution is -0.114. The van der Waals surface area contributed by atoms with E-state index < -0.39 is 0 Å². The maximum absolute atomic E-state index is 11.2. The lowest BCUT2D eigenvalue weighted by Gasteiger charge is -2.35. The molecule has 182 valence electrons. The van der Waals surface area contributed by atoms with Crippen LogP contribution in [0.3, 0.4) is 0 Å². The van der Waals surface area contributed by atoms with Gasteiger partial charge in [-0.15, -0.1) is 10.2 Å². The largest absolute Gasteiger partial charge is 0.368 e. The van der Waals surface area contributed by atoms with Gasteiger partial charge in [-0.05, 0) is 86.7 Å². The van der Waals surface area contributed by atoms with E-state index in [1.54, 1.807) is 0 Å². The molecule has 1 aromatic heterocycles. The standard InChI is InChI=1S/C28H39N5O/c1-21(34)30-25-10-8-23(9-11-25)26-12-13-27(32-31-26)29-19-24-18-28(24)14-16-33(17-15-28)20-22-6-4-2-3-5-7-22/h8-13,22,24H,2-7,14-20H2,1H3,(H,29,32)(H,30,34)/t24-/m0/s1. The Balaban J connectivity index is 1.06. The first-order valence-corrected chi connectivity index (χ1v) is 13.3. The second-order valence-corrected chi connectivity index (χ2v) is 10.9. The number of benzene rings is 1. The fourth-order valence-corrected chi connectivity index (χ4v) is 6.16. The molecule has 1 amide bonds. The fourth-order valence-electron chi connectivity index (χ4n) is 6.16. The Morgan fingerprint density at radius 3 is 2.38 bits per heavy atom. The zero-order valence-electron chi connectivity index (χ0n) is 20.6. The van der Waals surface area contributed by atoms with Crippen molar-refractivity contribution in [3.8, 4) is 11.3 Å². The van der Waals surface area contributed by atoms with Crippen molar-refractivity contribution < 1.29 is 4.79 Å². The van der Waals surface area contributed by atoms with Crippen LogP contribution in [0.15, 0.2) is 36.4 Å². The predicted octanol–water partition coefficient (Wildman–Crippen LogP) is 5.59. The highest BCUT2D eigenvalue weighted by Crippen LogP contribution is 2.59. The Morgan fingerprint density at radius 1 is 1.00 bits per heavy atom. The van der Waals surface area contributed by atoms with E-state index in [-0.39, 0.29) is 5.91 Å². The van der Waals surface area contributed by atoms with Crippen molar-refractivity contribution in [3.05, 3.63) is 36.4 Å². The lowest BCUT2D eigenvalue weighted by Crippen LogP contribution is -2.38. The molecule has 1 aromatic carbocycles. The molecule has 2 heterocycles. The molecule has 0 bridgehead atoms. The van der Waals surface area contributed by atoms with E-state index >= 15 is 0 Å². The number of rotatable bonds is 7. The molecule has 3 aliphatic rings. The summed E-state index contributed by atoms with van der Waals surface area (Å²) in [6.45, 7) is 6.44. The van der Waals surface area contributed by atoms with Gasteiger partial charge < -0.3 is 15.5 Å². The van der Waals surface area contributed by atoms with Gasteiger partial charge >= 0.3 is 0 Å². The average molecular weight is 462 g/mol. The first-order valence-electron chi connectivity index (χ1n) is 13.3. The molecule has 2 N–H and O–H groups in total. The smallest absolute Gasteiger partial charge is 0.221 e. The summed E-state index contributed by atoms with van der Waals surface area (Å²) in [7, 11) is 0. The number of nitrogens with one attached hydrogen (secondary N) is 2. The molecule has 0 radical (unpaired) electrons. The number of hydrogen-bond donors (Lipinski definition) is 2. The van der Waals surface area contributed by atoms with Gasteiger partial charge in [0.05, 0.1) is 5.69 Å². The number of aromatic nitrogens is 2. The predicted molar refractivity (Wildman–Crippen MR) is 138 cm³/mol. The highest BCUT2D eigenvalue weighted by atomic mass is 16.1. The number of carbonyl (C=O) groups is 1. The van der Waals surface area contributed by atoms with Gasteiger partial charge in [0.1, 0.15) is 5.82 Å². The van der Waals surface area contributed by atoms with Gasteiger partial charge in [-0.3, -0.25) is 4.79 Å². The Labute approximate surface area is 203 Å². The third-order valence-corrected chi connectivity index (χ3v) is 8.40. The Morgan fingerprint density at radius 2 is 1.74 bits per heavy atom. The molecule has 3 fully saturated rings. The minimum atomic E-state index is -0.0687. The van der Waals surface area contributed by atoms with Gasteiger partial charge in [0.15, 0.2) is 0 Å². The summed E-state index contributed by atoms with van der Waals surface area (Å²) in [4.78, 5) is 13.9. The minimum Gasteiger partial charge on any atom is -0.368 e. The van der Waals surface area contributed by atoms with Crippen LogP contribution in [0.25, 0.3) is 11.3 Å². The molecule has 6 nitrogen and oxygen atoms in total. The monoisotopic (exact) mass is 461 g/mol. The van der Waals surface area contributed by atoms with Crippen molar-refractivity contribution in [1.29, 1.82) is 0 Å². The zero-order valence-corrected chi connectivity index (χ0v) is 20.6. The van der Waals surface area contributed by atoms with Gasteiger partial charge in [-0.2, -0.15) is 0 Å².